The van der Waals surface area contributed by atoms with Crippen LogP contribution in [0.25, 0.3) is 0 Å². The van der Waals surface area contributed by atoms with Crippen LogP contribution in [0.1, 0.15) is 27.8 Å². The minimum Gasteiger partial charge on any atom is -0.312 e. The quantitative estimate of drug-likeness (QED) is 0.762. The molecule has 20 heavy (non-hydrogen) atoms. The molecule has 1 N–H and O–H groups in total. The molecule has 2 aromatic rings. The molecule has 0 aliphatic carbocycles. The van der Waals surface area contributed by atoms with Gasteiger partial charge in [0.1, 0.15) is 0 Å². The van der Waals surface area contributed by atoms with Gasteiger partial charge in [0.25, 0.3) is 0 Å². The third-order valence-corrected chi connectivity index (χ3v) is 5.78. The largest absolute Gasteiger partial charge is 0.312 e. The molecule has 0 aliphatic rings. The molecule has 0 atom stereocenters. The van der Waals surface area contributed by atoms with Gasteiger partial charge in [-0.3, -0.25) is 4.90 Å². The molecule has 0 fully saturated rings. The predicted octanol–water partition coefficient (Wildman–Crippen LogP) is 4.62. The Morgan fingerprint density at radius 2 is 2.10 bits per heavy atom. The second kappa shape index (κ2) is 7.71. The van der Waals surface area contributed by atoms with E-state index in [1.165, 1.54) is 24.7 Å². The van der Waals surface area contributed by atoms with Gasteiger partial charge in [-0.15, -0.1) is 22.7 Å². The molecule has 0 spiro atoms. The highest BCUT2D eigenvalue weighted by Crippen LogP contribution is 2.25. The highest BCUT2D eigenvalue weighted by atomic mass is 79.9. The Balaban J connectivity index is 1.93. The smallest absolute Gasteiger partial charge is 0.0701 e. The molecule has 110 valence electrons. The molecule has 2 aromatic heterocycles. The van der Waals surface area contributed by atoms with Crippen molar-refractivity contribution in [2.24, 2.45) is 0 Å². The van der Waals surface area contributed by atoms with Gasteiger partial charge < -0.3 is 5.32 Å². The topological polar surface area (TPSA) is 15.3 Å². The fraction of sp³-hybridized carbons (Fsp3) is 0.467. The standard InChI is InChI=1S/C15H21BrN2S2/c1-4-17-7-14-6-13(11(2)20-14)9-18(3)8-12-5-15(16)19-10-12/h5-6,10,17H,4,7-9H2,1-3H3. The van der Waals surface area contributed by atoms with Crippen LogP contribution in [0.3, 0.4) is 0 Å². The van der Waals surface area contributed by atoms with E-state index in [2.05, 4.69) is 64.6 Å². The minimum atomic E-state index is 0.989. The van der Waals surface area contributed by atoms with Crippen molar-refractivity contribution < 1.29 is 0 Å². The van der Waals surface area contributed by atoms with Crippen molar-refractivity contribution >= 4 is 38.6 Å². The lowest BCUT2D eigenvalue weighted by Crippen LogP contribution is -2.17. The zero-order valence-corrected chi connectivity index (χ0v) is 15.4. The number of hydrogen-bond donors (Lipinski definition) is 1. The number of aryl methyl sites for hydroxylation is 1. The molecule has 0 radical (unpaired) electrons. The van der Waals surface area contributed by atoms with Crippen molar-refractivity contribution in [3.63, 3.8) is 0 Å². The van der Waals surface area contributed by atoms with Crippen LogP contribution in [0.15, 0.2) is 21.3 Å². The fourth-order valence-corrected chi connectivity index (χ4v) is 4.39. The molecule has 0 aliphatic heterocycles. The maximum atomic E-state index is 3.52. The number of halogens is 1. The predicted molar refractivity (Wildman–Crippen MR) is 93.6 cm³/mol. The molecule has 0 bridgehead atoms. The van der Waals surface area contributed by atoms with Crippen molar-refractivity contribution in [2.45, 2.75) is 33.5 Å². The third-order valence-electron chi connectivity index (χ3n) is 3.14. The summed E-state index contributed by atoms with van der Waals surface area (Å²) in [6, 6.07) is 4.56. The molecule has 2 rings (SSSR count). The lowest BCUT2D eigenvalue weighted by molar-refractivity contribution is 0.319. The van der Waals surface area contributed by atoms with Crippen LogP contribution in [0.4, 0.5) is 0 Å². The Labute approximate surface area is 138 Å². The van der Waals surface area contributed by atoms with Crippen molar-refractivity contribution in [3.8, 4) is 0 Å². The van der Waals surface area contributed by atoms with Crippen LogP contribution >= 0.6 is 38.6 Å². The first-order valence-electron chi connectivity index (χ1n) is 6.78. The molecule has 2 nitrogen and oxygen atoms in total. The van der Waals surface area contributed by atoms with Crippen LogP contribution in [0.5, 0.6) is 0 Å². The Bertz CT molecular complexity index is 548. The van der Waals surface area contributed by atoms with Crippen LogP contribution in [-0.2, 0) is 19.6 Å². The molecule has 2 heterocycles. The number of rotatable bonds is 7. The average molecular weight is 373 g/mol. The Kier molecular flexibility index (Phi) is 6.23. The highest BCUT2D eigenvalue weighted by Gasteiger charge is 2.09. The van der Waals surface area contributed by atoms with Gasteiger partial charge in [-0.25, -0.2) is 0 Å². The van der Waals surface area contributed by atoms with E-state index in [4.69, 9.17) is 0 Å². The summed E-state index contributed by atoms with van der Waals surface area (Å²) in [5, 5.41) is 5.61. The maximum absolute atomic E-state index is 3.52. The van der Waals surface area contributed by atoms with Crippen molar-refractivity contribution in [2.75, 3.05) is 13.6 Å². The van der Waals surface area contributed by atoms with Crippen LogP contribution in [-0.4, -0.2) is 18.5 Å². The van der Waals surface area contributed by atoms with Crippen LogP contribution in [0, 0.1) is 6.92 Å². The van der Waals surface area contributed by atoms with E-state index >= 15 is 0 Å². The molecule has 0 saturated carbocycles. The SMILES string of the molecule is CCNCc1cc(CN(C)Cc2csc(Br)c2)c(C)s1. The van der Waals surface area contributed by atoms with Crippen LogP contribution < -0.4 is 5.32 Å². The molecule has 0 unspecified atom stereocenters. The van der Waals surface area contributed by atoms with Crippen molar-refractivity contribution in [1.29, 1.82) is 0 Å². The zero-order valence-electron chi connectivity index (χ0n) is 12.2. The number of nitrogens with one attached hydrogen (secondary N) is 1. The summed E-state index contributed by atoms with van der Waals surface area (Å²) < 4.78 is 1.21. The number of nitrogens with zero attached hydrogens (tertiary/aromatic N) is 1. The van der Waals surface area contributed by atoms with Gasteiger partial charge in [0, 0.05) is 29.4 Å². The molecule has 0 aromatic carbocycles. The van der Waals surface area contributed by atoms with Gasteiger partial charge in [0.15, 0.2) is 0 Å². The summed E-state index contributed by atoms with van der Waals surface area (Å²) in [6.45, 7) is 8.41. The minimum absolute atomic E-state index is 0.989. The summed E-state index contributed by atoms with van der Waals surface area (Å²) in [6.07, 6.45) is 0. The van der Waals surface area contributed by atoms with E-state index in [9.17, 15) is 0 Å². The van der Waals surface area contributed by atoms with Gasteiger partial charge in [-0.2, -0.15) is 0 Å². The van der Waals surface area contributed by atoms with Crippen molar-refractivity contribution in [3.05, 3.63) is 42.2 Å². The molecule has 0 saturated heterocycles. The lowest BCUT2D eigenvalue weighted by atomic mass is 10.2. The second-order valence-electron chi connectivity index (χ2n) is 5.01. The average Bonchev–Trinajstić information content (AvgIpc) is 2.94. The van der Waals surface area contributed by atoms with Crippen LogP contribution in [0.2, 0.25) is 0 Å². The lowest BCUT2D eigenvalue weighted by Gasteiger charge is -2.15. The summed E-state index contributed by atoms with van der Waals surface area (Å²) in [5.41, 5.74) is 2.84. The van der Waals surface area contributed by atoms with Crippen molar-refractivity contribution in [1.82, 2.24) is 10.2 Å². The molecular formula is C15H21BrN2S2. The first-order chi connectivity index (χ1) is 9.58. The summed E-state index contributed by atoms with van der Waals surface area (Å²) >= 11 is 7.19. The Morgan fingerprint density at radius 3 is 2.75 bits per heavy atom. The maximum Gasteiger partial charge on any atom is 0.0701 e. The van der Waals surface area contributed by atoms with E-state index in [0.29, 0.717) is 0 Å². The summed E-state index contributed by atoms with van der Waals surface area (Å²) in [4.78, 5) is 5.25. The number of thiophene rings is 2. The first-order valence-corrected chi connectivity index (χ1v) is 9.27. The second-order valence-corrected chi connectivity index (χ2v) is 8.64. The van der Waals surface area contributed by atoms with E-state index in [-0.39, 0.29) is 0 Å². The van der Waals surface area contributed by atoms with Gasteiger partial charge in [0.05, 0.1) is 3.79 Å². The van der Waals surface area contributed by atoms with E-state index in [1.54, 1.807) is 11.3 Å². The zero-order chi connectivity index (χ0) is 14.5. The summed E-state index contributed by atoms with van der Waals surface area (Å²) in [7, 11) is 2.19. The first kappa shape index (κ1) is 16.2. The van der Waals surface area contributed by atoms with E-state index in [0.717, 1.165) is 26.2 Å². The van der Waals surface area contributed by atoms with E-state index in [1.807, 2.05) is 11.3 Å². The van der Waals surface area contributed by atoms with Gasteiger partial charge in [-0.1, -0.05) is 6.92 Å². The van der Waals surface area contributed by atoms with E-state index < -0.39 is 0 Å². The normalized spacial score (nSPS) is 11.4. The number of hydrogen-bond acceptors (Lipinski definition) is 4. The monoisotopic (exact) mass is 372 g/mol. The Morgan fingerprint density at radius 1 is 1.30 bits per heavy atom. The molecule has 0 amide bonds. The molecular weight excluding hydrogens is 352 g/mol. The fourth-order valence-electron chi connectivity index (χ4n) is 2.17. The van der Waals surface area contributed by atoms with Gasteiger partial charge in [0.2, 0.25) is 0 Å². The third kappa shape index (κ3) is 4.67. The summed E-state index contributed by atoms with van der Waals surface area (Å²) in [5.74, 6) is 0. The molecule has 5 heteroatoms. The van der Waals surface area contributed by atoms with Gasteiger partial charge in [-0.05, 0) is 65.1 Å². The Hall–Kier alpha value is -0.200. The highest BCUT2D eigenvalue weighted by molar-refractivity contribution is 9.11. The van der Waals surface area contributed by atoms with Gasteiger partial charge >= 0.3 is 0 Å².